The first-order chi connectivity index (χ1) is 9.61. The van der Waals surface area contributed by atoms with Gasteiger partial charge in [-0.1, -0.05) is 12.1 Å². The number of hydrogen-bond acceptors (Lipinski definition) is 3. The van der Waals surface area contributed by atoms with E-state index in [1.165, 1.54) is 19.2 Å². The summed E-state index contributed by atoms with van der Waals surface area (Å²) in [5, 5.41) is 0. The van der Waals surface area contributed by atoms with Crippen molar-refractivity contribution in [3.8, 4) is 0 Å². The van der Waals surface area contributed by atoms with Crippen molar-refractivity contribution in [1.82, 2.24) is 4.90 Å². The highest BCUT2D eigenvalue weighted by Gasteiger charge is 2.31. The van der Waals surface area contributed by atoms with Crippen LogP contribution in [0.4, 0.5) is 4.39 Å². The first-order valence-electron chi connectivity index (χ1n) is 6.91. The van der Waals surface area contributed by atoms with Crippen LogP contribution in [-0.2, 0) is 16.0 Å². The van der Waals surface area contributed by atoms with E-state index < -0.39 is 6.04 Å². The Balaban J connectivity index is 2.02. The minimum absolute atomic E-state index is 0.0780. The molecule has 1 aliphatic heterocycles. The Morgan fingerprint density at radius 3 is 3.10 bits per heavy atom. The zero-order chi connectivity index (χ0) is 14.5. The molecule has 1 saturated heterocycles. The van der Waals surface area contributed by atoms with Crippen molar-refractivity contribution in [2.45, 2.75) is 31.3 Å². The van der Waals surface area contributed by atoms with E-state index in [-0.39, 0.29) is 24.4 Å². The first-order valence-corrected chi connectivity index (χ1v) is 6.91. The van der Waals surface area contributed by atoms with E-state index in [0.29, 0.717) is 6.42 Å². The highest BCUT2D eigenvalue weighted by Crippen LogP contribution is 2.22. The Bertz CT molecular complexity index is 467. The van der Waals surface area contributed by atoms with Crippen molar-refractivity contribution in [2.24, 2.45) is 5.73 Å². The molecule has 1 aromatic carbocycles. The zero-order valence-electron chi connectivity index (χ0n) is 11.7. The molecular weight excluding hydrogens is 259 g/mol. The summed E-state index contributed by atoms with van der Waals surface area (Å²) in [6.07, 6.45) is 2.57. The summed E-state index contributed by atoms with van der Waals surface area (Å²) < 4.78 is 18.1. The zero-order valence-corrected chi connectivity index (χ0v) is 11.7. The van der Waals surface area contributed by atoms with Crippen molar-refractivity contribution < 1.29 is 13.9 Å². The average Bonchev–Trinajstić information content (AvgIpc) is 2.86. The molecule has 0 aliphatic carbocycles. The number of carbonyl (C=O) groups is 1. The van der Waals surface area contributed by atoms with Crippen LogP contribution in [0.3, 0.4) is 0 Å². The number of halogens is 1. The smallest absolute Gasteiger partial charge is 0.242 e. The summed E-state index contributed by atoms with van der Waals surface area (Å²) in [4.78, 5) is 14.1. The summed E-state index contributed by atoms with van der Waals surface area (Å²) >= 11 is 0. The second-order valence-corrected chi connectivity index (χ2v) is 5.22. The number of benzene rings is 1. The maximum Gasteiger partial charge on any atom is 0.242 e. The lowest BCUT2D eigenvalue weighted by Gasteiger charge is -2.27. The van der Waals surface area contributed by atoms with Crippen LogP contribution in [-0.4, -0.2) is 43.2 Å². The summed E-state index contributed by atoms with van der Waals surface area (Å²) in [5.41, 5.74) is 6.72. The molecule has 0 aromatic heterocycles. The monoisotopic (exact) mass is 280 g/mol. The van der Waals surface area contributed by atoms with Gasteiger partial charge in [-0.25, -0.2) is 4.39 Å². The standard InChI is InChI=1S/C15H21FN2O2/c1-20-10-14(17)15(19)18-7-3-6-13(18)9-11-4-2-5-12(16)8-11/h2,4-5,8,13-14H,3,6-7,9-10,17H2,1H3. The second kappa shape index (κ2) is 6.81. The van der Waals surface area contributed by atoms with Crippen molar-refractivity contribution in [2.75, 3.05) is 20.3 Å². The van der Waals surface area contributed by atoms with E-state index >= 15 is 0 Å². The summed E-state index contributed by atoms with van der Waals surface area (Å²) in [6, 6.07) is 6.02. The lowest BCUT2D eigenvalue weighted by atomic mass is 10.0. The van der Waals surface area contributed by atoms with Crippen LogP contribution in [0.5, 0.6) is 0 Å². The third kappa shape index (κ3) is 3.55. The van der Waals surface area contributed by atoms with Gasteiger partial charge in [-0.05, 0) is 37.0 Å². The fourth-order valence-corrected chi connectivity index (χ4v) is 2.74. The lowest BCUT2D eigenvalue weighted by molar-refractivity contribution is -0.134. The van der Waals surface area contributed by atoms with E-state index in [9.17, 15) is 9.18 Å². The Kier molecular flexibility index (Phi) is 5.09. The highest BCUT2D eigenvalue weighted by atomic mass is 19.1. The number of nitrogens with two attached hydrogens (primary N) is 1. The quantitative estimate of drug-likeness (QED) is 0.885. The fourth-order valence-electron chi connectivity index (χ4n) is 2.74. The molecule has 5 heteroatoms. The van der Waals surface area contributed by atoms with Gasteiger partial charge >= 0.3 is 0 Å². The molecule has 4 nitrogen and oxygen atoms in total. The Hall–Kier alpha value is -1.46. The van der Waals surface area contributed by atoms with Gasteiger partial charge in [0.1, 0.15) is 11.9 Å². The Labute approximate surface area is 118 Å². The van der Waals surface area contributed by atoms with E-state index in [1.54, 1.807) is 6.07 Å². The molecule has 1 fully saturated rings. The van der Waals surface area contributed by atoms with Crippen LogP contribution < -0.4 is 5.73 Å². The molecule has 0 bridgehead atoms. The molecule has 2 atom stereocenters. The van der Waals surface area contributed by atoms with Crippen LogP contribution in [0.25, 0.3) is 0 Å². The SMILES string of the molecule is COCC(N)C(=O)N1CCCC1Cc1cccc(F)c1. The van der Waals surface area contributed by atoms with Crippen LogP contribution >= 0.6 is 0 Å². The molecule has 1 heterocycles. The largest absolute Gasteiger partial charge is 0.383 e. The van der Waals surface area contributed by atoms with Crippen molar-refractivity contribution in [3.63, 3.8) is 0 Å². The van der Waals surface area contributed by atoms with Crippen molar-refractivity contribution >= 4 is 5.91 Å². The number of amides is 1. The van der Waals surface area contributed by atoms with Gasteiger partial charge in [-0.15, -0.1) is 0 Å². The number of likely N-dealkylation sites (tertiary alicyclic amines) is 1. The van der Waals surface area contributed by atoms with Gasteiger partial charge in [0.25, 0.3) is 0 Å². The number of nitrogens with zero attached hydrogens (tertiary/aromatic N) is 1. The van der Waals surface area contributed by atoms with E-state index in [1.807, 2.05) is 11.0 Å². The number of ether oxygens (including phenoxy) is 1. The van der Waals surface area contributed by atoms with Crippen molar-refractivity contribution in [3.05, 3.63) is 35.6 Å². The summed E-state index contributed by atoms with van der Waals surface area (Å²) in [5.74, 6) is -0.319. The van der Waals surface area contributed by atoms with Crippen LogP contribution in [0.1, 0.15) is 18.4 Å². The topological polar surface area (TPSA) is 55.6 Å². The van der Waals surface area contributed by atoms with Gasteiger partial charge in [0.05, 0.1) is 6.61 Å². The minimum atomic E-state index is -0.617. The van der Waals surface area contributed by atoms with Gasteiger partial charge in [0.15, 0.2) is 0 Å². The number of carbonyl (C=O) groups excluding carboxylic acids is 1. The van der Waals surface area contributed by atoms with E-state index in [0.717, 1.165) is 24.9 Å². The third-order valence-electron chi connectivity index (χ3n) is 3.68. The number of methoxy groups -OCH3 is 1. The molecule has 1 amide bonds. The van der Waals surface area contributed by atoms with Gasteiger partial charge in [0, 0.05) is 19.7 Å². The number of rotatable bonds is 5. The maximum absolute atomic E-state index is 13.2. The first kappa shape index (κ1) is 14.9. The van der Waals surface area contributed by atoms with Crippen LogP contribution in [0, 0.1) is 5.82 Å². The molecule has 20 heavy (non-hydrogen) atoms. The van der Waals surface area contributed by atoms with E-state index in [2.05, 4.69) is 0 Å². The van der Waals surface area contributed by atoms with E-state index in [4.69, 9.17) is 10.5 Å². The maximum atomic E-state index is 13.2. The molecule has 1 aromatic rings. The van der Waals surface area contributed by atoms with Crippen LogP contribution in [0.15, 0.2) is 24.3 Å². The molecular formula is C15H21FN2O2. The molecule has 1 aliphatic rings. The average molecular weight is 280 g/mol. The van der Waals surface area contributed by atoms with Gasteiger partial charge < -0.3 is 15.4 Å². The van der Waals surface area contributed by atoms with Crippen LogP contribution in [0.2, 0.25) is 0 Å². The molecule has 2 rings (SSSR count). The molecule has 110 valence electrons. The predicted octanol–water partition coefficient (Wildman–Crippen LogP) is 1.33. The summed E-state index contributed by atoms with van der Waals surface area (Å²) in [7, 11) is 1.53. The molecule has 2 unspecified atom stereocenters. The molecule has 0 spiro atoms. The normalized spacial score (nSPS) is 20.1. The van der Waals surface area contributed by atoms with Gasteiger partial charge in [0.2, 0.25) is 5.91 Å². The number of hydrogen-bond donors (Lipinski definition) is 1. The summed E-state index contributed by atoms with van der Waals surface area (Å²) in [6.45, 7) is 0.943. The Morgan fingerprint density at radius 1 is 1.60 bits per heavy atom. The third-order valence-corrected chi connectivity index (χ3v) is 3.68. The molecule has 0 radical (unpaired) electrons. The van der Waals surface area contributed by atoms with Gasteiger partial charge in [-0.3, -0.25) is 4.79 Å². The Morgan fingerprint density at radius 2 is 2.40 bits per heavy atom. The molecule has 0 saturated carbocycles. The highest BCUT2D eigenvalue weighted by molar-refractivity contribution is 5.82. The lowest BCUT2D eigenvalue weighted by Crippen LogP contribution is -2.48. The second-order valence-electron chi connectivity index (χ2n) is 5.22. The molecule has 2 N–H and O–H groups in total. The van der Waals surface area contributed by atoms with Gasteiger partial charge in [-0.2, -0.15) is 0 Å². The predicted molar refractivity (Wildman–Crippen MR) is 74.7 cm³/mol. The van der Waals surface area contributed by atoms with Crippen molar-refractivity contribution in [1.29, 1.82) is 0 Å². The minimum Gasteiger partial charge on any atom is -0.383 e. The fraction of sp³-hybridized carbons (Fsp3) is 0.533.